The summed E-state index contributed by atoms with van der Waals surface area (Å²) in [5.74, 6) is 0.554. The molecule has 0 aliphatic rings. The standard InChI is InChI=1S/C23H20N4O2/c28-21(17-8-2-1-3-9-17)16-27-20-12-5-4-10-18(20)26-22(27)13-15-25-23(29)19-11-6-7-14-24-19/h1-12,14H,13,15-16H2,(H,25,29). The van der Waals surface area contributed by atoms with Gasteiger partial charge in [0.05, 0.1) is 17.6 Å². The van der Waals surface area contributed by atoms with Gasteiger partial charge in [0.2, 0.25) is 0 Å². The summed E-state index contributed by atoms with van der Waals surface area (Å²) in [5.41, 5.74) is 2.78. The molecule has 0 fully saturated rings. The van der Waals surface area contributed by atoms with Crippen LogP contribution in [0.3, 0.4) is 0 Å². The summed E-state index contributed by atoms with van der Waals surface area (Å²) in [6.07, 6.45) is 2.10. The van der Waals surface area contributed by atoms with Crippen molar-refractivity contribution in [2.75, 3.05) is 6.54 Å². The number of carbonyl (C=O) groups is 2. The third-order valence-corrected chi connectivity index (χ3v) is 4.66. The number of aromatic nitrogens is 3. The molecule has 6 heteroatoms. The molecule has 0 saturated carbocycles. The molecule has 4 aromatic rings. The Balaban J connectivity index is 1.52. The summed E-state index contributed by atoms with van der Waals surface area (Å²) in [6, 6.07) is 22.2. The summed E-state index contributed by atoms with van der Waals surface area (Å²) >= 11 is 0. The predicted octanol–water partition coefficient (Wildman–Crippen LogP) is 3.29. The molecule has 0 unspecified atom stereocenters. The second-order valence-electron chi connectivity index (χ2n) is 6.61. The summed E-state index contributed by atoms with van der Waals surface area (Å²) in [5, 5.41) is 2.86. The average Bonchev–Trinajstić information content (AvgIpc) is 3.12. The Morgan fingerprint density at radius 1 is 0.897 bits per heavy atom. The Morgan fingerprint density at radius 2 is 1.66 bits per heavy atom. The molecular formula is C23H20N4O2. The van der Waals surface area contributed by atoms with E-state index in [1.54, 1.807) is 24.4 Å². The molecule has 2 aromatic heterocycles. The number of nitrogens with zero attached hydrogens (tertiary/aromatic N) is 3. The number of pyridine rings is 1. The lowest BCUT2D eigenvalue weighted by molar-refractivity contribution is 0.0944. The zero-order chi connectivity index (χ0) is 20.1. The van der Waals surface area contributed by atoms with Crippen molar-refractivity contribution in [2.24, 2.45) is 0 Å². The minimum atomic E-state index is -0.228. The molecule has 0 aliphatic carbocycles. The number of imidazole rings is 1. The van der Waals surface area contributed by atoms with E-state index in [0.29, 0.717) is 24.2 Å². The quantitative estimate of drug-likeness (QED) is 0.496. The van der Waals surface area contributed by atoms with Crippen LogP contribution in [-0.2, 0) is 13.0 Å². The highest BCUT2D eigenvalue weighted by Crippen LogP contribution is 2.17. The molecule has 0 spiro atoms. The van der Waals surface area contributed by atoms with Crippen LogP contribution in [0.2, 0.25) is 0 Å². The van der Waals surface area contributed by atoms with Gasteiger partial charge >= 0.3 is 0 Å². The maximum absolute atomic E-state index is 12.7. The predicted molar refractivity (Wildman–Crippen MR) is 111 cm³/mol. The number of hydrogen-bond donors (Lipinski definition) is 1. The normalized spacial score (nSPS) is 10.8. The number of amides is 1. The number of carbonyl (C=O) groups excluding carboxylic acids is 2. The van der Waals surface area contributed by atoms with Crippen molar-refractivity contribution >= 4 is 22.7 Å². The number of nitrogens with one attached hydrogen (secondary N) is 1. The van der Waals surface area contributed by atoms with E-state index in [1.807, 2.05) is 59.2 Å². The van der Waals surface area contributed by atoms with Gasteiger partial charge in [-0.1, -0.05) is 48.5 Å². The number of para-hydroxylation sites is 2. The first-order valence-electron chi connectivity index (χ1n) is 9.44. The Labute approximate surface area is 168 Å². The second-order valence-corrected chi connectivity index (χ2v) is 6.61. The van der Waals surface area contributed by atoms with Gasteiger partial charge in [-0.3, -0.25) is 14.6 Å². The van der Waals surface area contributed by atoms with Gasteiger partial charge in [0.25, 0.3) is 5.91 Å². The molecule has 2 aromatic carbocycles. The number of ketones is 1. The van der Waals surface area contributed by atoms with E-state index in [0.717, 1.165) is 16.9 Å². The molecule has 1 amide bonds. The minimum Gasteiger partial charge on any atom is -0.350 e. The lowest BCUT2D eigenvalue weighted by atomic mass is 10.1. The van der Waals surface area contributed by atoms with Crippen molar-refractivity contribution in [3.05, 3.63) is 96.1 Å². The third kappa shape index (κ3) is 4.21. The summed E-state index contributed by atoms with van der Waals surface area (Å²) < 4.78 is 1.93. The lowest BCUT2D eigenvalue weighted by Gasteiger charge is -2.09. The van der Waals surface area contributed by atoms with E-state index in [4.69, 9.17) is 0 Å². The second kappa shape index (κ2) is 8.48. The Hall–Kier alpha value is -3.80. The number of rotatable bonds is 7. The van der Waals surface area contributed by atoms with Gasteiger partial charge in [0, 0.05) is 24.7 Å². The maximum atomic E-state index is 12.7. The number of fused-ring (bicyclic) bond motifs is 1. The van der Waals surface area contributed by atoms with Gasteiger partial charge < -0.3 is 9.88 Å². The molecule has 1 N–H and O–H groups in total. The molecule has 6 nitrogen and oxygen atoms in total. The fourth-order valence-corrected chi connectivity index (χ4v) is 3.23. The van der Waals surface area contributed by atoms with E-state index in [-0.39, 0.29) is 18.2 Å². The van der Waals surface area contributed by atoms with Gasteiger partial charge in [-0.05, 0) is 24.3 Å². The first-order valence-corrected chi connectivity index (χ1v) is 9.44. The molecule has 0 saturated heterocycles. The van der Waals surface area contributed by atoms with Crippen molar-refractivity contribution in [1.29, 1.82) is 0 Å². The zero-order valence-electron chi connectivity index (χ0n) is 15.8. The fourth-order valence-electron chi connectivity index (χ4n) is 3.23. The molecule has 4 rings (SSSR count). The third-order valence-electron chi connectivity index (χ3n) is 4.66. The van der Waals surface area contributed by atoms with Crippen LogP contribution in [0, 0.1) is 0 Å². The van der Waals surface area contributed by atoms with E-state index in [9.17, 15) is 9.59 Å². The van der Waals surface area contributed by atoms with Crippen molar-refractivity contribution in [1.82, 2.24) is 19.9 Å². The van der Waals surface area contributed by atoms with Crippen molar-refractivity contribution in [2.45, 2.75) is 13.0 Å². The average molecular weight is 384 g/mol. The van der Waals surface area contributed by atoms with E-state index in [1.165, 1.54) is 0 Å². The molecule has 0 aliphatic heterocycles. The van der Waals surface area contributed by atoms with Crippen molar-refractivity contribution < 1.29 is 9.59 Å². The van der Waals surface area contributed by atoms with Crippen LogP contribution in [0.4, 0.5) is 0 Å². The topological polar surface area (TPSA) is 76.9 Å². The highest BCUT2D eigenvalue weighted by molar-refractivity contribution is 5.96. The van der Waals surface area contributed by atoms with Crippen LogP contribution >= 0.6 is 0 Å². The molecule has 29 heavy (non-hydrogen) atoms. The smallest absolute Gasteiger partial charge is 0.269 e. The van der Waals surface area contributed by atoms with Crippen LogP contribution in [0.1, 0.15) is 26.7 Å². The van der Waals surface area contributed by atoms with E-state index >= 15 is 0 Å². The first kappa shape index (κ1) is 18.6. The van der Waals surface area contributed by atoms with Crippen LogP contribution in [0.25, 0.3) is 11.0 Å². The summed E-state index contributed by atoms with van der Waals surface area (Å²) in [4.78, 5) is 33.7. The van der Waals surface area contributed by atoms with Gasteiger partial charge in [-0.2, -0.15) is 0 Å². The Morgan fingerprint density at radius 3 is 2.45 bits per heavy atom. The molecule has 0 bridgehead atoms. The van der Waals surface area contributed by atoms with Crippen LogP contribution in [0.15, 0.2) is 79.0 Å². The summed E-state index contributed by atoms with van der Waals surface area (Å²) in [7, 11) is 0. The number of benzene rings is 2. The van der Waals surface area contributed by atoms with Crippen LogP contribution in [0.5, 0.6) is 0 Å². The monoisotopic (exact) mass is 384 g/mol. The zero-order valence-corrected chi connectivity index (χ0v) is 15.8. The highest BCUT2D eigenvalue weighted by atomic mass is 16.2. The lowest BCUT2D eigenvalue weighted by Crippen LogP contribution is -2.27. The minimum absolute atomic E-state index is 0.0209. The van der Waals surface area contributed by atoms with Crippen molar-refractivity contribution in [3.63, 3.8) is 0 Å². The molecular weight excluding hydrogens is 364 g/mol. The van der Waals surface area contributed by atoms with Crippen molar-refractivity contribution in [3.8, 4) is 0 Å². The van der Waals surface area contributed by atoms with E-state index in [2.05, 4.69) is 15.3 Å². The maximum Gasteiger partial charge on any atom is 0.269 e. The Kier molecular flexibility index (Phi) is 5.42. The van der Waals surface area contributed by atoms with Gasteiger partial charge in [-0.15, -0.1) is 0 Å². The molecule has 0 atom stereocenters. The fraction of sp³-hybridized carbons (Fsp3) is 0.130. The largest absolute Gasteiger partial charge is 0.350 e. The van der Waals surface area contributed by atoms with Gasteiger partial charge in [0.15, 0.2) is 5.78 Å². The number of Topliss-reactive ketones (excluding diaryl/α,β-unsaturated/α-hetero) is 1. The highest BCUT2D eigenvalue weighted by Gasteiger charge is 2.15. The molecule has 2 heterocycles. The van der Waals surface area contributed by atoms with Gasteiger partial charge in [-0.25, -0.2) is 4.98 Å². The van der Waals surface area contributed by atoms with Crippen LogP contribution in [-0.4, -0.2) is 32.8 Å². The van der Waals surface area contributed by atoms with E-state index < -0.39 is 0 Å². The van der Waals surface area contributed by atoms with Crippen LogP contribution < -0.4 is 5.32 Å². The Bertz CT molecular complexity index is 1140. The summed E-state index contributed by atoms with van der Waals surface area (Å²) in [6.45, 7) is 0.603. The molecule has 144 valence electrons. The van der Waals surface area contributed by atoms with Gasteiger partial charge in [0.1, 0.15) is 11.5 Å². The first-order chi connectivity index (χ1) is 14.2. The number of hydrogen-bond acceptors (Lipinski definition) is 4. The molecule has 0 radical (unpaired) electrons. The SMILES string of the molecule is O=C(Cn1c(CCNC(=O)c2ccccn2)nc2ccccc21)c1ccccc1.